The van der Waals surface area contributed by atoms with Gasteiger partial charge in [0.1, 0.15) is 0 Å². The van der Waals surface area contributed by atoms with Crippen LogP contribution in [-0.4, -0.2) is 7.85 Å². The summed E-state index contributed by atoms with van der Waals surface area (Å²) in [7, 11) is 5.97. The van der Waals surface area contributed by atoms with E-state index < -0.39 is 0 Å². The SMILES string of the molecule is [B]C(C)(C)CCCCC(=C)C1C(C)CC1C. The molecule has 1 fully saturated rings. The van der Waals surface area contributed by atoms with E-state index in [1.807, 2.05) is 0 Å². The molecule has 2 unspecified atom stereocenters. The molecule has 90 valence electrons. The zero-order chi connectivity index (χ0) is 12.3. The third-order valence-corrected chi connectivity index (χ3v) is 4.01. The summed E-state index contributed by atoms with van der Waals surface area (Å²) in [5.74, 6) is 2.53. The highest BCUT2D eigenvalue weighted by Gasteiger charge is 2.35. The Bertz CT molecular complexity index is 228. The van der Waals surface area contributed by atoms with E-state index in [0.717, 1.165) is 24.2 Å². The molecule has 0 spiro atoms. The molecular formula is C15H27B. The monoisotopic (exact) mass is 218 g/mol. The van der Waals surface area contributed by atoms with Crippen LogP contribution in [-0.2, 0) is 0 Å². The topological polar surface area (TPSA) is 0 Å². The molecular weight excluding hydrogens is 191 g/mol. The molecule has 1 rings (SSSR count). The molecule has 0 amide bonds. The minimum atomic E-state index is -0.00160. The zero-order valence-corrected chi connectivity index (χ0v) is 11.6. The molecule has 1 heteroatoms. The molecule has 0 nitrogen and oxygen atoms in total. The van der Waals surface area contributed by atoms with Gasteiger partial charge in [0.25, 0.3) is 0 Å². The predicted octanol–water partition coefficient (Wildman–Crippen LogP) is 4.76. The predicted molar refractivity (Wildman–Crippen MR) is 73.8 cm³/mol. The van der Waals surface area contributed by atoms with Gasteiger partial charge in [-0.05, 0) is 37.0 Å². The fraction of sp³-hybridized carbons (Fsp3) is 0.867. The molecule has 0 saturated heterocycles. The first-order valence-corrected chi connectivity index (χ1v) is 6.78. The molecule has 0 heterocycles. The standard InChI is InChI=1S/C15H27B/c1-11(14-12(2)10-13(14)3)8-6-7-9-15(4,5)16/h12-14H,1,6-10H2,2-5H3. The van der Waals surface area contributed by atoms with Crippen LogP contribution in [0.25, 0.3) is 0 Å². The van der Waals surface area contributed by atoms with E-state index >= 15 is 0 Å². The Kier molecular flexibility index (Phi) is 4.70. The van der Waals surface area contributed by atoms with Gasteiger partial charge in [0.15, 0.2) is 0 Å². The van der Waals surface area contributed by atoms with Crippen molar-refractivity contribution in [2.75, 3.05) is 0 Å². The van der Waals surface area contributed by atoms with Crippen molar-refractivity contribution in [3.05, 3.63) is 12.2 Å². The largest absolute Gasteiger partial charge is 0.0996 e. The maximum Gasteiger partial charge on any atom is 0.0738 e. The minimum Gasteiger partial charge on any atom is -0.0996 e. The van der Waals surface area contributed by atoms with Crippen molar-refractivity contribution in [2.24, 2.45) is 17.8 Å². The van der Waals surface area contributed by atoms with Gasteiger partial charge in [-0.25, -0.2) is 0 Å². The summed E-state index contributed by atoms with van der Waals surface area (Å²) >= 11 is 0. The maximum absolute atomic E-state index is 5.97. The molecule has 2 atom stereocenters. The van der Waals surface area contributed by atoms with Gasteiger partial charge >= 0.3 is 0 Å². The van der Waals surface area contributed by atoms with Crippen LogP contribution in [0.4, 0.5) is 0 Å². The van der Waals surface area contributed by atoms with E-state index in [0.29, 0.717) is 0 Å². The van der Waals surface area contributed by atoms with Crippen LogP contribution in [0.1, 0.15) is 59.8 Å². The first-order chi connectivity index (χ1) is 7.31. The van der Waals surface area contributed by atoms with E-state index in [4.69, 9.17) is 7.85 Å². The van der Waals surface area contributed by atoms with E-state index in [1.54, 1.807) is 0 Å². The molecule has 0 aromatic carbocycles. The van der Waals surface area contributed by atoms with E-state index in [-0.39, 0.29) is 5.31 Å². The van der Waals surface area contributed by atoms with Crippen LogP contribution in [0.5, 0.6) is 0 Å². The van der Waals surface area contributed by atoms with Gasteiger partial charge in [-0.1, -0.05) is 58.0 Å². The van der Waals surface area contributed by atoms with E-state index in [9.17, 15) is 0 Å². The number of allylic oxidation sites excluding steroid dienone is 1. The molecule has 16 heavy (non-hydrogen) atoms. The van der Waals surface area contributed by atoms with Gasteiger partial charge in [0.05, 0.1) is 7.85 Å². The second kappa shape index (κ2) is 5.43. The average molecular weight is 218 g/mol. The fourth-order valence-electron chi connectivity index (χ4n) is 3.15. The van der Waals surface area contributed by atoms with E-state index in [1.165, 1.54) is 31.3 Å². The average Bonchev–Trinajstić information content (AvgIpc) is 2.10. The molecule has 0 bridgehead atoms. The molecule has 1 aliphatic rings. The summed E-state index contributed by atoms with van der Waals surface area (Å²) in [6.07, 6.45) is 6.21. The molecule has 1 saturated carbocycles. The van der Waals surface area contributed by atoms with Gasteiger partial charge in [0.2, 0.25) is 0 Å². The molecule has 0 aromatic rings. The Morgan fingerprint density at radius 3 is 2.25 bits per heavy atom. The van der Waals surface area contributed by atoms with Crippen LogP contribution in [0.2, 0.25) is 5.31 Å². The van der Waals surface area contributed by atoms with Gasteiger partial charge in [-0.15, -0.1) is 0 Å². The number of unbranched alkanes of at least 4 members (excludes halogenated alkanes) is 1. The summed E-state index contributed by atoms with van der Waals surface area (Å²) in [4.78, 5) is 0. The smallest absolute Gasteiger partial charge is 0.0738 e. The summed E-state index contributed by atoms with van der Waals surface area (Å²) in [5.41, 5.74) is 1.49. The Labute approximate surface area is 103 Å². The van der Waals surface area contributed by atoms with Crippen LogP contribution in [0.15, 0.2) is 12.2 Å². The Hall–Kier alpha value is -0.195. The first kappa shape index (κ1) is 13.9. The Morgan fingerprint density at radius 2 is 1.81 bits per heavy atom. The Morgan fingerprint density at radius 1 is 1.25 bits per heavy atom. The molecule has 2 radical (unpaired) electrons. The summed E-state index contributed by atoms with van der Waals surface area (Å²) < 4.78 is 0. The van der Waals surface area contributed by atoms with Gasteiger partial charge < -0.3 is 0 Å². The highest BCUT2D eigenvalue weighted by Crippen LogP contribution is 2.45. The third kappa shape index (κ3) is 3.99. The van der Waals surface area contributed by atoms with Crippen molar-refractivity contribution >= 4 is 7.85 Å². The molecule has 0 aromatic heterocycles. The third-order valence-electron chi connectivity index (χ3n) is 4.01. The number of hydrogen-bond donors (Lipinski definition) is 0. The van der Waals surface area contributed by atoms with Crippen molar-refractivity contribution in [1.29, 1.82) is 0 Å². The van der Waals surface area contributed by atoms with Crippen LogP contribution in [0.3, 0.4) is 0 Å². The number of hydrogen-bond acceptors (Lipinski definition) is 0. The van der Waals surface area contributed by atoms with Gasteiger partial charge in [-0.2, -0.15) is 0 Å². The maximum atomic E-state index is 5.97. The second-order valence-electron chi connectivity index (χ2n) is 6.57. The summed E-state index contributed by atoms with van der Waals surface area (Å²) in [6.45, 7) is 13.2. The fourth-order valence-corrected chi connectivity index (χ4v) is 3.15. The molecule has 1 aliphatic carbocycles. The normalized spacial score (nSPS) is 29.9. The van der Waals surface area contributed by atoms with Crippen LogP contribution < -0.4 is 0 Å². The lowest BCUT2D eigenvalue weighted by Crippen LogP contribution is -2.33. The van der Waals surface area contributed by atoms with Crippen molar-refractivity contribution in [1.82, 2.24) is 0 Å². The van der Waals surface area contributed by atoms with Gasteiger partial charge in [0, 0.05) is 0 Å². The van der Waals surface area contributed by atoms with Crippen molar-refractivity contribution in [3.8, 4) is 0 Å². The Balaban J connectivity index is 2.16. The molecule has 0 N–H and O–H groups in total. The van der Waals surface area contributed by atoms with Crippen molar-refractivity contribution in [3.63, 3.8) is 0 Å². The van der Waals surface area contributed by atoms with Gasteiger partial charge in [-0.3, -0.25) is 0 Å². The minimum absolute atomic E-state index is 0.00160. The quantitative estimate of drug-likeness (QED) is 0.342. The van der Waals surface area contributed by atoms with Crippen molar-refractivity contribution < 1.29 is 0 Å². The van der Waals surface area contributed by atoms with Crippen LogP contribution >= 0.6 is 0 Å². The lowest BCUT2D eigenvalue weighted by molar-refractivity contribution is 0.133. The van der Waals surface area contributed by atoms with Crippen molar-refractivity contribution in [2.45, 2.75) is 65.1 Å². The second-order valence-corrected chi connectivity index (χ2v) is 6.57. The lowest BCUT2D eigenvalue weighted by Gasteiger charge is -2.42. The highest BCUT2D eigenvalue weighted by molar-refractivity contribution is 6.14. The first-order valence-electron chi connectivity index (χ1n) is 6.78. The summed E-state index contributed by atoms with van der Waals surface area (Å²) in [6, 6.07) is 0. The van der Waals surface area contributed by atoms with E-state index in [2.05, 4.69) is 34.3 Å². The highest BCUT2D eigenvalue weighted by atomic mass is 14.4. The zero-order valence-electron chi connectivity index (χ0n) is 11.6. The number of rotatable bonds is 6. The molecule has 0 aliphatic heterocycles. The lowest BCUT2D eigenvalue weighted by atomic mass is 9.63. The summed E-state index contributed by atoms with van der Waals surface area (Å²) in [5, 5.41) is -0.00160. The van der Waals surface area contributed by atoms with Crippen LogP contribution in [0, 0.1) is 17.8 Å².